The summed E-state index contributed by atoms with van der Waals surface area (Å²) in [6.07, 6.45) is 0. The number of hydrogen-bond donors (Lipinski definition) is 2. The molecule has 0 amide bonds. The van der Waals surface area contributed by atoms with Gasteiger partial charge >= 0.3 is 0 Å². The van der Waals surface area contributed by atoms with Gasteiger partial charge in [0.1, 0.15) is 10.8 Å². The number of nitrogen functional groups attached to an aromatic ring is 2. The Labute approximate surface area is 106 Å². The van der Waals surface area contributed by atoms with Crippen molar-refractivity contribution in [2.75, 3.05) is 11.5 Å². The number of aromatic nitrogens is 2. The van der Waals surface area contributed by atoms with E-state index in [1.165, 1.54) is 11.8 Å². The van der Waals surface area contributed by atoms with Crippen LogP contribution in [0.2, 0.25) is 0 Å². The lowest BCUT2D eigenvalue weighted by Crippen LogP contribution is -1.99. The summed E-state index contributed by atoms with van der Waals surface area (Å²) < 4.78 is 1.02. The number of benzene rings is 1. The van der Waals surface area contributed by atoms with Crippen LogP contribution in [0, 0.1) is 0 Å². The number of anilines is 2. The van der Waals surface area contributed by atoms with E-state index in [1.54, 1.807) is 6.07 Å². The Morgan fingerprint density at radius 1 is 1.12 bits per heavy atom. The van der Waals surface area contributed by atoms with Gasteiger partial charge in [-0.3, -0.25) is 0 Å². The Kier molecular flexibility index (Phi) is 3.31. The van der Waals surface area contributed by atoms with Crippen LogP contribution in [-0.2, 0) is 0 Å². The molecule has 0 aliphatic carbocycles. The second kappa shape index (κ2) is 4.71. The molecule has 1 aromatic carbocycles. The monoisotopic (exact) mass is 296 g/mol. The molecule has 4 nitrogen and oxygen atoms in total. The average molecular weight is 297 g/mol. The Morgan fingerprint density at radius 2 is 1.94 bits per heavy atom. The van der Waals surface area contributed by atoms with Gasteiger partial charge in [0.15, 0.2) is 0 Å². The van der Waals surface area contributed by atoms with Crippen LogP contribution >= 0.6 is 27.7 Å². The minimum atomic E-state index is 0.192. The molecule has 2 aromatic rings. The van der Waals surface area contributed by atoms with Crippen molar-refractivity contribution in [3.05, 3.63) is 34.8 Å². The molecule has 0 fully saturated rings. The Hall–Kier alpha value is -1.27. The van der Waals surface area contributed by atoms with Crippen LogP contribution in [0.3, 0.4) is 0 Å². The predicted octanol–water partition coefficient (Wildman–Crippen LogP) is 2.55. The van der Waals surface area contributed by atoms with Gasteiger partial charge in [-0.1, -0.05) is 33.8 Å². The average Bonchev–Trinajstić information content (AvgIpc) is 2.15. The van der Waals surface area contributed by atoms with Crippen LogP contribution in [0.5, 0.6) is 0 Å². The summed E-state index contributed by atoms with van der Waals surface area (Å²) in [7, 11) is 0. The Balaban J connectivity index is 2.27. The first kappa shape index (κ1) is 11.2. The smallest absolute Gasteiger partial charge is 0.223 e. The lowest BCUT2D eigenvalue weighted by atomic mass is 10.4. The number of halogens is 1. The van der Waals surface area contributed by atoms with E-state index >= 15 is 0 Å². The maximum absolute atomic E-state index is 5.59. The van der Waals surface area contributed by atoms with E-state index in [9.17, 15) is 0 Å². The Bertz CT molecular complexity index is 498. The summed E-state index contributed by atoms with van der Waals surface area (Å²) in [5, 5.41) is 0.739. The molecule has 16 heavy (non-hydrogen) atoms. The number of nitrogens with two attached hydrogens (primary N) is 2. The minimum Gasteiger partial charge on any atom is -0.383 e. The first-order valence-electron chi connectivity index (χ1n) is 4.47. The minimum absolute atomic E-state index is 0.192. The lowest BCUT2D eigenvalue weighted by Gasteiger charge is -2.03. The number of hydrogen-bond acceptors (Lipinski definition) is 5. The van der Waals surface area contributed by atoms with Gasteiger partial charge in [-0.05, 0) is 18.2 Å². The summed E-state index contributed by atoms with van der Waals surface area (Å²) in [5.41, 5.74) is 11.1. The molecule has 0 aliphatic heterocycles. The molecule has 1 heterocycles. The van der Waals surface area contributed by atoms with Crippen LogP contribution in [-0.4, -0.2) is 9.97 Å². The van der Waals surface area contributed by atoms with Crippen LogP contribution in [0.4, 0.5) is 11.8 Å². The summed E-state index contributed by atoms with van der Waals surface area (Å²) in [4.78, 5) is 8.97. The van der Waals surface area contributed by atoms with Crippen molar-refractivity contribution in [1.82, 2.24) is 9.97 Å². The van der Waals surface area contributed by atoms with Gasteiger partial charge < -0.3 is 11.5 Å². The second-order valence-electron chi connectivity index (χ2n) is 3.05. The third-order valence-electron chi connectivity index (χ3n) is 1.76. The van der Waals surface area contributed by atoms with E-state index < -0.39 is 0 Å². The zero-order valence-electron chi connectivity index (χ0n) is 8.22. The molecule has 0 bridgehead atoms. The zero-order chi connectivity index (χ0) is 11.5. The summed E-state index contributed by atoms with van der Waals surface area (Å²) >= 11 is 4.90. The molecule has 6 heteroatoms. The van der Waals surface area contributed by atoms with Crippen LogP contribution in [0.25, 0.3) is 0 Å². The van der Waals surface area contributed by atoms with Crippen molar-refractivity contribution < 1.29 is 0 Å². The van der Waals surface area contributed by atoms with Crippen molar-refractivity contribution in [2.24, 2.45) is 0 Å². The second-order valence-corrected chi connectivity index (χ2v) is 5.06. The molecule has 0 saturated heterocycles. The lowest BCUT2D eigenvalue weighted by molar-refractivity contribution is 1.07. The molecule has 82 valence electrons. The molecular formula is C10H9BrN4S. The summed E-state index contributed by atoms with van der Waals surface area (Å²) in [6.45, 7) is 0. The highest BCUT2D eigenvalue weighted by atomic mass is 79.9. The van der Waals surface area contributed by atoms with Crippen molar-refractivity contribution in [1.29, 1.82) is 0 Å². The standard InChI is InChI=1S/C10H9BrN4S/c11-6-2-1-3-7(4-6)16-9-5-8(12)14-10(13)15-9/h1-5H,(H4,12,13,14,15). The largest absolute Gasteiger partial charge is 0.383 e. The van der Waals surface area contributed by atoms with Gasteiger partial charge in [-0.2, -0.15) is 4.98 Å². The molecule has 2 rings (SSSR count). The summed E-state index contributed by atoms with van der Waals surface area (Å²) in [5.74, 6) is 0.572. The van der Waals surface area contributed by atoms with Crippen molar-refractivity contribution in [3.8, 4) is 0 Å². The zero-order valence-corrected chi connectivity index (χ0v) is 10.6. The van der Waals surface area contributed by atoms with Crippen molar-refractivity contribution >= 4 is 39.5 Å². The first-order chi connectivity index (χ1) is 7.63. The van der Waals surface area contributed by atoms with Crippen molar-refractivity contribution in [3.63, 3.8) is 0 Å². The van der Waals surface area contributed by atoms with E-state index in [0.29, 0.717) is 5.82 Å². The molecule has 0 radical (unpaired) electrons. The summed E-state index contributed by atoms with van der Waals surface area (Å²) in [6, 6.07) is 9.61. The highest BCUT2D eigenvalue weighted by molar-refractivity contribution is 9.10. The van der Waals surface area contributed by atoms with Gasteiger partial charge in [-0.15, -0.1) is 0 Å². The molecule has 0 atom stereocenters. The highest BCUT2D eigenvalue weighted by Crippen LogP contribution is 2.28. The van der Waals surface area contributed by atoms with Gasteiger partial charge in [-0.25, -0.2) is 4.98 Å². The van der Waals surface area contributed by atoms with E-state index in [1.807, 2.05) is 24.3 Å². The quantitative estimate of drug-likeness (QED) is 0.833. The molecule has 4 N–H and O–H groups in total. The van der Waals surface area contributed by atoms with Crippen LogP contribution in [0.1, 0.15) is 0 Å². The SMILES string of the molecule is Nc1cc(Sc2cccc(Br)c2)nc(N)n1. The normalized spacial score (nSPS) is 10.3. The molecule has 0 aliphatic rings. The molecule has 0 spiro atoms. The predicted molar refractivity (Wildman–Crippen MR) is 69.1 cm³/mol. The molecule has 1 aromatic heterocycles. The fourth-order valence-electron chi connectivity index (χ4n) is 1.16. The third-order valence-corrected chi connectivity index (χ3v) is 3.16. The van der Waals surface area contributed by atoms with Crippen molar-refractivity contribution in [2.45, 2.75) is 9.92 Å². The molecule has 0 unspecified atom stereocenters. The van der Waals surface area contributed by atoms with E-state index in [2.05, 4.69) is 25.9 Å². The van der Waals surface area contributed by atoms with Gasteiger partial charge in [0.25, 0.3) is 0 Å². The number of nitrogens with zero attached hydrogens (tertiary/aromatic N) is 2. The van der Waals surface area contributed by atoms with E-state index in [-0.39, 0.29) is 5.95 Å². The van der Waals surface area contributed by atoms with Crippen LogP contribution < -0.4 is 11.5 Å². The molecule has 0 saturated carbocycles. The topological polar surface area (TPSA) is 77.8 Å². The fraction of sp³-hybridized carbons (Fsp3) is 0. The molecular weight excluding hydrogens is 288 g/mol. The fourth-order valence-corrected chi connectivity index (χ4v) is 2.61. The van der Waals surface area contributed by atoms with Gasteiger partial charge in [0, 0.05) is 15.4 Å². The highest BCUT2D eigenvalue weighted by Gasteiger charge is 2.02. The van der Waals surface area contributed by atoms with E-state index in [4.69, 9.17) is 11.5 Å². The number of rotatable bonds is 2. The van der Waals surface area contributed by atoms with E-state index in [0.717, 1.165) is 14.4 Å². The first-order valence-corrected chi connectivity index (χ1v) is 6.08. The van der Waals surface area contributed by atoms with Crippen LogP contribution in [0.15, 0.2) is 44.7 Å². The third kappa shape index (κ3) is 2.86. The van der Waals surface area contributed by atoms with Gasteiger partial charge in [0.2, 0.25) is 5.95 Å². The van der Waals surface area contributed by atoms with Gasteiger partial charge in [0.05, 0.1) is 0 Å². The Morgan fingerprint density at radius 3 is 2.62 bits per heavy atom. The maximum Gasteiger partial charge on any atom is 0.223 e. The maximum atomic E-state index is 5.59.